The first-order chi connectivity index (χ1) is 12.7. The number of nitrogens with one attached hydrogen (secondary N) is 1. The molecular formula is C16H21N7O3. The Morgan fingerprint density at radius 2 is 2.04 bits per heavy atom. The lowest BCUT2D eigenvalue weighted by molar-refractivity contribution is 0.0885. The van der Waals surface area contributed by atoms with Gasteiger partial charge in [-0.05, 0) is 28.6 Å². The molecule has 0 aliphatic carbocycles. The Morgan fingerprint density at radius 3 is 2.73 bits per heavy atom. The van der Waals surface area contributed by atoms with Crippen LogP contribution < -0.4 is 5.32 Å². The second kappa shape index (κ2) is 8.39. The van der Waals surface area contributed by atoms with Crippen LogP contribution in [-0.4, -0.2) is 88.4 Å². The molecule has 10 heteroatoms. The second-order valence-electron chi connectivity index (χ2n) is 5.86. The van der Waals surface area contributed by atoms with Crippen molar-refractivity contribution < 1.29 is 14.3 Å². The molecule has 0 radical (unpaired) electrons. The van der Waals surface area contributed by atoms with Crippen molar-refractivity contribution in [1.82, 2.24) is 35.3 Å². The quantitative estimate of drug-likeness (QED) is 0.786. The molecule has 26 heavy (non-hydrogen) atoms. The van der Waals surface area contributed by atoms with E-state index in [1.807, 2.05) is 6.07 Å². The molecule has 0 saturated carbocycles. The van der Waals surface area contributed by atoms with Crippen molar-refractivity contribution in [2.24, 2.45) is 0 Å². The number of tetrazole rings is 1. The number of ether oxygens (including phenoxy) is 1. The van der Waals surface area contributed by atoms with E-state index in [1.54, 1.807) is 23.1 Å². The molecule has 138 valence electrons. The van der Waals surface area contributed by atoms with E-state index >= 15 is 0 Å². The van der Waals surface area contributed by atoms with Gasteiger partial charge in [-0.3, -0.25) is 9.69 Å². The lowest BCUT2D eigenvalue weighted by atomic mass is 10.2. The predicted octanol–water partition coefficient (Wildman–Crippen LogP) is -0.224. The zero-order chi connectivity index (χ0) is 18.4. The standard InChI is InChI=1S/C16H21N7O3/c1-26-16(25)22-9-7-21(8-10-22)6-5-17-15(24)13-3-2-4-14(11-13)23-12-18-19-20-23/h2-4,11-12H,5-10H2,1H3,(H,17,24). The van der Waals surface area contributed by atoms with E-state index in [9.17, 15) is 9.59 Å². The van der Waals surface area contributed by atoms with Crippen molar-refractivity contribution in [2.75, 3.05) is 46.4 Å². The average Bonchev–Trinajstić information content (AvgIpc) is 3.23. The van der Waals surface area contributed by atoms with Gasteiger partial charge in [0.15, 0.2) is 0 Å². The van der Waals surface area contributed by atoms with E-state index < -0.39 is 0 Å². The van der Waals surface area contributed by atoms with Gasteiger partial charge >= 0.3 is 6.09 Å². The third kappa shape index (κ3) is 4.33. The Morgan fingerprint density at radius 1 is 1.23 bits per heavy atom. The minimum Gasteiger partial charge on any atom is -0.453 e. The first kappa shape index (κ1) is 17.8. The van der Waals surface area contributed by atoms with Crippen molar-refractivity contribution in [3.63, 3.8) is 0 Å². The number of methoxy groups -OCH3 is 1. The van der Waals surface area contributed by atoms with Gasteiger partial charge in [-0.25, -0.2) is 9.48 Å². The number of carbonyl (C=O) groups is 2. The normalized spacial score (nSPS) is 14.9. The molecule has 1 aromatic carbocycles. The van der Waals surface area contributed by atoms with Gasteiger partial charge < -0.3 is 15.0 Å². The van der Waals surface area contributed by atoms with Crippen molar-refractivity contribution in [1.29, 1.82) is 0 Å². The molecule has 0 bridgehead atoms. The molecule has 3 rings (SSSR count). The number of aromatic nitrogens is 4. The maximum Gasteiger partial charge on any atom is 0.409 e. The number of nitrogens with zero attached hydrogens (tertiary/aromatic N) is 6. The molecule has 2 heterocycles. The summed E-state index contributed by atoms with van der Waals surface area (Å²) in [5, 5.41) is 13.9. The molecule has 1 aromatic heterocycles. The highest BCUT2D eigenvalue weighted by atomic mass is 16.5. The maximum atomic E-state index is 12.3. The predicted molar refractivity (Wildman–Crippen MR) is 91.9 cm³/mol. The summed E-state index contributed by atoms with van der Waals surface area (Å²) in [7, 11) is 1.39. The van der Waals surface area contributed by atoms with Crippen LogP contribution in [0.5, 0.6) is 0 Å². The van der Waals surface area contributed by atoms with Gasteiger partial charge in [0.2, 0.25) is 0 Å². The Kier molecular flexibility index (Phi) is 5.74. The number of rotatable bonds is 5. The summed E-state index contributed by atoms with van der Waals surface area (Å²) in [6, 6.07) is 7.10. The van der Waals surface area contributed by atoms with Crippen LogP contribution in [0.3, 0.4) is 0 Å². The van der Waals surface area contributed by atoms with Crippen LogP contribution in [0.2, 0.25) is 0 Å². The zero-order valence-electron chi connectivity index (χ0n) is 14.5. The van der Waals surface area contributed by atoms with Crippen LogP contribution in [-0.2, 0) is 4.74 Å². The summed E-state index contributed by atoms with van der Waals surface area (Å²) >= 11 is 0. The van der Waals surface area contributed by atoms with Gasteiger partial charge in [0.25, 0.3) is 5.91 Å². The summed E-state index contributed by atoms with van der Waals surface area (Å²) < 4.78 is 6.22. The Balaban J connectivity index is 1.45. The molecule has 0 spiro atoms. The van der Waals surface area contributed by atoms with Crippen molar-refractivity contribution in [3.8, 4) is 5.69 Å². The number of carbonyl (C=O) groups excluding carboxylic acids is 2. The van der Waals surface area contributed by atoms with Crippen molar-refractivity contribution in [3.05, 3.63) is 36.2 Å². The minimum absolute atomic E-state index is 0.145. The van der Waals surface area contributed by atoms with Gasteiger partial charge in [-0.2, -0.15) is 0 Å². The highest BCUT2D eigenvalue weighted by molar-refractivity contribution is 5.94. The van der Waals surface area contributed by atoms with E-state index in [0.29, 0.717) is 25.2 Å². The Hall–Kier alpha value is -3.01. The van der Waals surface area contributed by atoms with Crippen molar-refractivity contribution >= 4 is 12.0 Å². The summed E-state index contributed by atoms with van der Waals surface area (Å²) in [5.74, 6) is -0.145. The Labute approximate surface area is 150 Å². The molecular weight excluding hydrogens is 338 g/mol. The first-order valence-electron chi connectivity index (χ1n) is 8.34. The molecule has 0 unspecified atom stereocenters. The van der Waals surface area contributed by atoms with Gasteiger partial charge in [0.05, 0.1) is 12.8 Å². The fourth-order valence-electron chi connectivity index (χ4n) is 2.78. The summed E-state index contributed by atoms with van der Waals surface area (Å²) in [4.78, 5) is 27.7. The van der Waals surface area contributed by atoms with Crippen LogP contribution in [0.25, 0.3) is 5.69 Å². The van der Waals surface area contributed by atoms with Crippen LogP contribution in [0.1, 0.15) is 10.4 Å². The van der Waals surface area contributed by atoms with Gasteiger partial charge in [-0.1, -0.05) is 6.07 Å². The summed E-state index contributed by atoms with van der Waals surface area (Å²) in [5.41, 5.74) is 1.27. The molecule has 2 amide bonds. The fraction of sp³-hybridized carbons (Fsp3) is 0.438. The van der Waals surface area contributed by atoms with E-state index in [0.717, 1.165) is 25.3 Å². The summed E-state index contributed by atoms with van der Waals surface area (Å²) in [6.07, 6.45) is 1.19. The maximum absolute atomic E-state index is 12.3. The topological polar surface area (TPSA) is 105 Å². The van der Waals surface area contributed by atoms with E-state index in [1.165, 1.54) is 18.1 Å². The lowest BCUT2D eigenvalue weighted by Gasteiger charge is -2.33. The first-order valence-corrected chi connectivity index (χ1v) is 8.34. The molecule has 1 aliphatic rings. The zero-order valence-corrected chi connectivity index (χ0v) is 14.5. The number of hydrogen-bond donors (Lipinski definition) is 1. The number of benzene rings is 1. The van der Waals surface area contributed by atoms with Gasteiger partial charge in [-0.15, -0.1) is 5.10 Å². The highest BCUT2D eigenvalue weighted by Gasteiger charge is 2.21. The number of hydrogen-bond acceptors (Lipinski definition) is 7. The highest BCUT2D eigenvalue weighted by Crippen LogP contribution is 2.09. The second-order valence-corrected chi connectivity index (χ2v) is 5.86. The summed E-state index contributed by atoms with van der Waals surface area (Å²) in [6.45, 7) is 4.06. The fourth-order valence-corrected chi connectivity index (χ4v) is 2.78. The van der Waals surface area contributed by atoms with E-state index in [-0.39, 0.29) is 12.0 Å². The van der Waals surface area contributed by atoms with E-state index in [4.69, 9.17) is 4.74 Å². The average molecular weight is 359 g/mol. The number of piperazine rings is 1. The molecule has 1 saturated heterocycles. The van der Waals surface area contributed by atoms with Gasteiger partial charge in [0, 0.05) is 44.8 Å². The van der Waals surface area contributed by atoms with Crippen LogP contribution >= 0.6 is 0 Å². The van der Waals surface area contributed by atoms with E-state index in [2.05, 4.69) is 25.7 Å². The number of amides is 2. The SMILES string of the molecule is COC(=O)N1CCN(CCNC(=O)c2cccc(-n3cnnn3)c2)CC1. The monoisotopic (exact) mass is 359 g/mol. The lowest BCUT2D eigenvalue weighted by Crippen LogP contribution is -2.50. The molecule has 0 atom stereocenters. The van der Waals surface area contributed by atoms with Crippen molar-refractivity contribution in [2.45, 2.75) is 0 Å². The molecule has 2 aromatic rings. The molecule has 1 aliphatic heterocycles. The van der Waals surface area contributed by atoms with Crippen LogP contribution in [0, 0.1) is 0 Å². The minimum atomic E-state index is -0.291. The van der Waals surface area contributed by atoms with Crippen LogP contribution in [0.15, 0.2) is 30.6 Å². The molecule has 1 N–H and O–H groups in total. The Bertz CT molecular complexity index is 742. The largest absolute Gasteiger partial charge is 0.453 e. The van der Waals surface area contributed by atoms with Gasteiger partial charge in [0.1, 0.15) is 6.33 Å². The third-order valence-corrected chi connectivity index (χ3v) is 4.24. The van der Waals surface area contributed by atoms with Crippen LogP contribution in [0.4, 0.5) is 4.79 Å². The molecule has 1 fully saturated rings. The molecule has 10 nitrogen and oxygen atoms in total. The third-order valence-electron chi connectivity index (χ3n) is 4.24. The smallest absolute Gasteiger partial charge is 0.409 e.